The number of carbonyl (C=O) groups is 3. The third-order valence-electron chi connectivity index (χ3n) is 5.52. The Kier molecular flexibility index (Phi) is 7.55. The standard InChI is InChI=1S/C24H28N2O7/c1-24(14-33-24)21(27)17(11-15-7-5-4-6-8-15)25-22(28)18(26-23(29)30)12-16-9-10-19(31-2)20(13-16)32-3/h4-10,13,17-18,26H,11-12,14H2,1-3H3,(H,25,28)(H,29,30)/t17-,18-,24-/m0/s1. The number of ether oxygens (including phenoxy) is 3. The summed E-state index contributed by atoms with van der Waals surface area (Å²) in [5.41, 5.74) is 0.583. The normalized spacial score (nSPS) is 18.5. The molecule has 0 spiro atoms. The molecular formula is C24H28N2O7. The number of benzene rings is 2. The van der Waals surface area contributed by atoms with Gasteiger partial charge in [0.25, 0.3) is 0 Å². The fourth-order valence-electron chi connectivity index (χ4n) is 3.55. The highest BCUT2D eigenvalue weighted by Crippen LogP contribution is 2.30. The van der Waals surface area contributed by atoms with Crippen molar-refractivity contribution in [2.75, 3.05) is 20.8 Å². The smallest absolute Gasteiger partial charge is 0.405 e. The Bertz CT molecular complexity index is 1010. The summed E-state index contributed by atoms with van der Waals surface area (Å²) < 4.78 is 15.8. The number of epoxide rings is 1. The van der Waals surface area contributed by atoms with Crippen LogP contribution >= 0.6 is 0 Å². The quantitative estimate of drug-likeness (QED) is 0.441. The van der Waals surface area contributed by atoms with E-state index in [1.54, 1.807) is 25.1 Å². The van der Waals surface area contributed by atoms with Crippen LogP contribution in [0, 0.1) is 0 Å². The van der Waals surface area contributed by atoms with Crippen molar-refractivity contribution in [1.82, 2.24) is 10.6 Å². The van der Waals surface area contributed by atoms with Crippen molar-refractivity contribution in [3.05, 3.63) is 59.7 Å². The van der Waals surface area contributed by atoms with E-state index >= 15 is 0 Å². The number of carbonyl (C=O) groups excluding carboxylic acids is 2. The Morgan fingerprint density at radius 3 is 2.18 bits per heavy atom. The van der Waals surface area contributed by atoms with Crippen LogP contribution in [0.2, 0.25) is 0 Å². The lowest BCUT2D eigenvalue weighted by Crippen LogP contribution is -2.54. The van der Waals surface area contributed by atoms with E-state index < -0.39 is 29.7 Å². The molecule has 0 aromatic heterocycles. The van der Waals surface area contributed by atoms with Crippen molar-refractivity contribution < 1.29 is 33.7 Å². The number of nitrogens with one attached hydrogen (secondary N) is 2. The van der Waals surface area contributed by atoms with Crippen LogP contribution in [0.1, 0.15) is 18.1 Å². The predicted octanol–water partition coefficient (Wildman–Crippen LogP) is 1.97. The van der Waals surface area contributed by atoms with Gasteiger partial charge < -0.3 is 30.0 Å². The van der Waals surface area contributed by atoms with Crippen LogP contribution in [-0.2, 0) is 27.2 Å². The maximum absolute atomic E-state index is 13.1. The minimum absolute atomic E-state index is 0.0541. The van der Waals surface area contributed by atoms with Gasteiger partial charge in [-0.15, -0.1) is 0 Å². The van der Waals surface area contributed by atoms with Gasteiger partial charge in [0.05, 0.1) is 26.9 Å². The molecule has 3 rings (SSSR count). The number of Topliss-reactive ketones (excluding diaryl/α,β-unsaturated/α-hetero) is 1. The number of ketones is 1. The molecule has 176 valence electrons. The Balaban J connectivity index is 1.80. The van der Waals surface area contributed by atoms with Crippen molar-refractivity contribution in [3.8, 4) is 11.5 Å². The third kappa shape index (κ3) is 6.23. The molecule has 0 aliphatic carbocycles. The zero-order valence-corrected chi connectivity index (χ0v) is 18.8. The van der Waals surface area contributed by atoms with Crippen LogP contribution < -0.4 is 20.1 Å². The van der Waals surface area contributed by atoms with E-state index in [0.29, 0.717) is 17.1 Å². The van der Waals surface area contributed by atoms with Gasteiger partial charge in [-0.05, 0) is 36.6 Å². The second-order valence-electron chi connectivity index (χ2n) is 8.03. The molecule has 9 heteroatoms. The Hall–Kier alpha value is -3.59. The Morgan fingerprint density at radius 2 is 1.61 bits per heavy atom. The minimum atomic E-state index is -1.35. The highest BCUT2D eigenvalue weighted by molar-refractivity contribution is 5.97. The summed E-state index contributed by atoms with van der Waals surface area (Å²) in [4.78, 5) is 37.5. The molecule has 0 unspecified atom stereocenters. The summed E-state index contributed by atoms with van der Waals surface area (Å²) in [7, 11) is 3.00. The molecule has 2 amide bonds. The molecule has 0 radical (unpaired) electrons. The van der Waals surface area contributed by atoms with Gasteiger partial charge in [0, 0.05) is 6.42 Å². The van der Waals surface area contributed by atoms with Gasteiger partial charge in [0.15, 0.2) is 17.3 Å². The molecular weight excluding hydrogens is 428 g/mol. The highest BCUT2D eigenvalue weighted by atomic mass is 16.6. The largest absolute Gasteiger partial charge is 0.493 e. The average molecular weight is 456 g/mol. The molecule has 0 saturated carbocycles. The van der Waals surface area contributed by atoms with Gasteiger partial charge in [-0.3, -0.25) is 9.59 Å². The molecule has 2 aromatic carbocycles. The molecule has 0 bridgehead atoms. The third-order valence-corrected chi connectivity index (χ3v) is 5.52. The topological polar surface area (TPSA) is 126 Å². The minimum Gasteiger partial charge on any atom is -0.493 e. The van der Waals surface area contributed by atoms with E-state index in [0.717, 1.165) is 5.56 Å². The first kappa shape index (κ1) is 24.1. The lowest BCUT2D eigenvalue weighted by Gasteiger charge is -2.23. The number of hydrogen-bond donors (Lipinski definition) is 3. The molecule has 1 saturated heterocycles. The molecule has 1 fully saturated rings. The molecule has 3 atom stereocenters. The first-order valence-electron chi connectivity index (χ1n) is 10.5. The van der Waals surface area contributed by atoms with Gasteiger partial charge in [-0.2, -0.15) is 0 Å². The SMILES string of the molecule is COc1ccc(C[C@H](NC(=O)O)C(=O)N[C@@H](Cc2ccccc2)C(=O)[C@]2(C)CO2)cc1OC. The molecule has 2 aromatic rings. The summed E-state index contributed by atoms with van der Waals surface area (Å²) >= 11 is 0. The first-order chi connectivity index (χ1) is 15.8. The number of carboxylic acid groups (broad SMARTS) is 1. The average Bonchev–Trinajstić information content (AvgIpc) is 3.56. The van der Waals surface area contributed by atoms with Crippen LogP contribution in [0.3, 0.4) is 0 Å². The molecule has 9 nitrogen and oxygen atoms in total. The van der Waals surface area contributed by atoms with Crippen LogP contribution in [0.4, 0.5) is 4.79 Å². The highest BCUT2D eigenvalue weighted by Gasteiger charge is 2.50. The number of amides is 2. The van der Waals surface area contributed by atoms with Crippen molar-refractivity contribution in [3.63, 3.8) is 0 Å². The van der Waals surface area contributed by atoms with E-state index in [2.05, 4.69) is 10.6 Å². The molecule has 1 heterocycles. The van der Waals surface area contributed by atoms with Crippen LogP contribution in [-0.4, -0.2) is 61.4 Å². The molecule has 1 aliphatic rings. The van der Waals surface area contributed by atoms with Crippen molar-refractivity contribution in [2.45, 2.75) is 37.5 Å². The van der Waals surface area contributed by atoms with Gasteiger partial charge in [-0.1, -0.05) is 36.4 Å². The van der Waals surface area contributed by atoms with Gasteiger partial charge >= 0.3 is 6.09 Å². The van der Waals surface area contributed by atoms with Crippen molar-refractivity contribution >= 4 is 17.8 Å². The van der Waals surface area contributed by atoms with Gasteiger partial charge in [-0.25, -0.2) is 4.79 Å². The number of methoxy groups -OCH3 is 2. The lowest BCUT2D eigenvalue weighted by atomic mass is 9.94. The van der Waals surface area contributed by atoms with E-state index in [-0.39, 0.29) is 25.2 Å². The predicted molar refractivity (Wildman–Crippen MR) is 120 cm³/mol. The van der Waals surface area contributed by atoms with Gasteiger partial charge in [0.2, 0.25) is 5.91 Å². The van der Waals surface area contributed by atoms with Crippen molar-refractivity contribution in [2.24, 2.45) is 0 Å². The monoisotopic (exact) mass is 456 g/mol. The van der Waals surface area contributed by atoms with E-state index in [9.17, 15) is 19.5 Å². The van der Waals surface area contributed by atoms with Crippen molar-refractivity contribution in [1.29, 1.82) is 0 Å². The van der Waals surface area contributed by atoms with E-state index in [1.807, 2.05) is 30.3 Å². The molecule has 33 heavy (non-hydrogen) atoms. The fraction of sp³-hybridized carbons (Fsp3) is 0.375. The van der Waals surface area contributed by atoms with E-state index in [4.69, 9.17) is 14.2 Å². The Morgan fingerprint density at radius 1 is 0.970 bits per heavy atom. The fourth-order valence-corrected chi connectivity index (χ4v) is 3.55. The van der Waals surface area contributed by atoms with Crippen LogP contribution in [0.25, 0.3) is 0 Å². The maximum Gasteiger partial charge on any atom is 0.405 e. The van der Waals surface area contributed by atoms with E-state index in [1.165, 1.54) is 14.2 Å². The summed E-state index contributed by atoms with van der Waals surface area (Å²) in [6, 6.07) is 12.4. The summed E-state index contributed by atoms with van der Waals surface area (Å²) in [6.07, 6.45) is -1.03. The zero-order chi connectivity index (χ0) is 24.0. The van der Waals surface area contributed by atoms with Crippen LogP contribution in [0.15, 0.2) is 48.5 Å². The Labute approximate surface area is 192 Å². The number of rotatable bonds is 11. The lowest BCUT2D eigenvalue weighted by molar-refractivity contribution is -0.131. The number of hydrogen-bond acceptors (Lipinski definition) is 6. The molecule has 1 aliphatic heterocycles. The second kappa shape index (κ2) is 10.4. The summed E-state index contributed by atoms with van der Waals surface area (Å²) in [5, 5.41) is 14.3. The summed E-state index contributed by atoms with van der Waals surface area (Å²) in [5.74, 6) is 0.116. The van der Waals surface area contributed by atoms with Gasteiger partial charge in [0.1, 0.15) is 11.6 Å². The molecule has 3 N–H and O–H groups in total. The first-order valence-corrected chi connectivity index (χ1v) is 10.5. The second-order valence-corrected chi connectivity index (χ2v) is 8.03. The maximum atomic E-state index is 13.1. The summed E-state index contributed by atoms with van der Waals surface area (Å²) in [6.45, 7) is 1.96. The van der Waals surface area contributed by atoms with Crippen LogP contribution in [0.5, 0.6) is 11.5 Å². The zero-order valence-electron chi connectivity index (χ0n) is 18.8.